The fourth-order valence-electron chi connectivity index (χ4n) is 1.43. The van der Waals surface area contributed by atoms with Gasteiger partial charge in [-0.15, -0.1) is 0 Å². The number of carbonyl (C=O) groups is 2. The van der Waals surface area contributed by atoms with Crippen LogP contribution in [0.4, 0.5) is 0 Å². The first-order chi connectivity index (χ1) is 7.97. The molecule has 5 heteroatoms. The molecule has 92 valence electrons. The van der Waals surface area contributed by atoms with Crippen LogP contribution in [0.15, 0.2) is 18.2 Å². The van der Waals surface area contributed by atoms with Crippen molar-refractivity contribution in [3.8, 4) is 0 Å². The standard InChI is InChI=1S/C12H14INO3/c1-3-10(12(16)17)14-11(15)8-5-4-6-9(13)7(8)2/h4-6,10H,3H2,1-2H3,(H,14,15)(H,16,17). The van der Waals surface area contributed by atoms with E-state index in [-0.39, 0.29) is 5.91 Å². The molecule has 0 fully saturated rings. The first-order valence-electron chi connectivity index (χ1n) is 5.26. The minimum atomic E-state index is -1.01. The minimum Gasteiger partial charge on any atom is -0.480 e. The van der Waals surface area contributed by atoms with Crippen LogP contribution in [0.3, 0.4) is 0 Å². The molecule has 4 nitrogen and oxygen atoms in total. The van der Waals surface area contributed by atoms with Gasteiger partial charge in [0.25, 0.3) is 5.91 Å². The lowest BCUT2D eigenvalue weighted by Crippen LogP contribution is -2.40. The zero-order chi connectivity index (χ0) is 13.0. The number of carboxylic acid groups (broad SMARTS) is 1. The van der Waals surface area contributed by atoms with Crippen LogP contribution in [0.2, 0.25) is 0 Å². The Morgan fingerprint density at radius 1 is 1.47 bits per heavy atom. The quantitative estimate of drug-likeness (QED) is 0.821. The van der Waals surface area contributed by atoms with Crippen molar-refractivity contribution in [3.63, 3.8) is 0 Å². The van der Waals surface area contributed by atoms with Gasteiger partial charge in [-0.1, -0.05) is 13.0 Å². The van der Waals surface area contributed by atoms with E-state index in [2.05, 4.69) is 27.9 Å². The Kier molecular flexibility index (Phi) is 4.92. The summed E-state index contributed by atoms with van der Waals surface area (Å²) in [7, 11) is 0. The van der Waals surface area contributed by atoms with Crippen molar-refractivity contribution in [1.82, 2.24) is 5.32 Å². The smallest absolute Gasteiger partial charge is 0.326 e. The lowest BCUT2D eigenvalue weighted by atomic mass is 10.1. The molecule has 1 atom stereocenters. The molecular weight excluding hydrogens is 333 g/mol. The number of benzene rings is 1. The van der Waals surface area contributed by atoms with Crippen molar-refractivity contribution in [2.45, 2.75) is 26.3 Å². The molecule has 1 rings (SSSR count). The van der Waals surface area contributed by atoms with Crippen molar-refractivity contribution < 1.29 is 14.7 Å². The molecule has 0 aliphatic carbocycles. The molecule has 0 radical (unpaired) electrons. The highest BCUT2D eigenvalue weighted by Gasteiger charge is 2.19. The summed E-state index contributed by atoms with van der Waals surface area (Å²) in [4.78, 5) is 22.7. The highest BCUT2D eigenvalue weighted by atomic mass is 127. The Bertz CT molecular complexity index is 445. The van der Waals surface area contributed by atoms with Gasteiger partial charge in [0, 0.05) is 9.13 Å². The largest absolute Gasteiger partial charge is 0.480 e. The minimum absolute atomic E-state index is 0.338. The third kappa shape index (κ3) is 3.42. The van der Waals surface area contributed by atoms with E-state index in [1.807, 2.05) is 13.0 Å². The van der Waals surface area contributed by atoms with Crippen LogP contribution in [0, 0.1) is 10.5 Å². The van der Waals surface area contributed by atoms with Gasteiger partial charge in [-0.25, -0.2) is 4.79 Å². The molecule has 0 bridgehead atoms. The van der Waals surface area contributed by atoms with Gasteiger partial charge >= 0.3 is 5.97 Å². The molecule has 0 saturated heterocycles. The second-order valence-corrected chi connectivity index (χ2v) is 4.85. The van der Waals surface area contributed by atoms with E-state index in [1.165, 1.54) is 0 Å². The van der Waals surface area contributed by atoms with Gasteiger partial charge in [-0.3, -0.25) is 4.79 Å². The molecule has 0 spiro atoms. The first kappa shape index (κ1) is 14.0. The number of hydrogen-bond donors (Lipinski definition) is 2. The summed E-state index contributed by atoms with van der Waals surface area (Å²) in [5.41, 5.74) is 1.39. The number of carboxylic acids is 1. The molecule has 1 aromatic carbocycles. The van der Waals surface area contributed by atoms with Crippen molar-refractivity contribution in [3.05, 3.63) is 32.9 Å². The van der Waals surface area contributed by atoms with E-state index >= 15 is 0 Å². The van der Waals surface area contributed by atoms with Crippen LogP contribution in [-0.4, -0.2) is 23.0 Å². The molecule has 1 unspecified atom stereocenters. The highest BCUT2D eigenvalue weighted by Crippen LogP contribution is 2.15. The monoisotopic (exact) mass is 347 g/mol. The highest BCUT2D eigenvalue weighted by molar-refractivity contribution is 14.1. The van der Waals surface area contributed by atoms with Crippen molar-refractivity contribution in [2.24, 2.45) is 0 Å². The third-order valence-electron chi connectivity index (χ3n) is 2.52. The van der Waals surface area contributed by atoms with Crippen molar-refractivity contribution in [2.75, 3.05) is 0 Å². The molecule has 0 aromatic heterocycles. The first-order valence-corrected chi connectivity index (χ1v) is 6.34. The molecule has 0 aliphatic heterocycles. The summed E-state index contributed by atoms with van der Waals surface area (Å²) >= 11 is 2.14. The van der Waals surface area contributed by atoms with Crippen LogP contribution in [0.5, 0.6) is 0 Å². The second-order valence-electron chi connectivity index (χ2n) is 3.68. The van der Waals surface area contributed by atoms with E-state index in [1.54, 1.807) is 19.1 Å². The Hall–Kier alpha value is -1.11. The van der Waals surface area contributed by atoms with E-state index in [0.29, 0.717) is 12.0 Å². The third-order valence-corrected chi connectivity index (χ3v) is 3.69. The molecule has 0 heterocycles. The van der Waals surface area contributed by atoms with Crippen molar-refractivity contribution in [1.29, 1.82) is 0 Å². The van der Waals surface area contributed by atoms with Gasteiger partial charge in [0.2, 0.25) is 0 Å². The Labute approximate surface area is 114 Å². The molecule has 17 heavy (non-hydrogen) atoms. The number of nitrogens with one attached hydrogen (secondary N) is 1. The summed E-state index contributed by atoms with van der Waals surface area (Å²) in [6.07, 6.45) is 0.365. The van der Waals surface area contributed by atoms with Gasteiger partial charge in [-0.2, -0.15) is 0 Å². The average molecular weight is 347 g/mol. The lowest BCUT2D eigenvalue weighted by Gasteiger charge is -2.13. The summed E-state index contributed by atoms with van der Waals surface area (Å²) in [6.45, 7) is 3.57. The van der Waals surface area contributed by atoms with Gasteiger partial charge in [0.1, 0.15) is 6.04 Å². The van der Waals surface area contributed by atoms with Crippen molar-refractivity contribution >= 4 is 34.5 Å². The Morgan fingerprint density at radius 2 is 2.12 bits per heavy atom. The zero-order valence-electron chi connectivity index (χ0n) is 9.66. The molecule has 0 aliphatic rings. The fraction of sp³-hybridized carbons (Fsp3) is 0.333. The Morgan fingerprint density at radius 3 is 2.65 bits per heavy atom. The SMILES string of the molecule is CCC(NC(=O)c1cccc(I)c1C)C(=O)O. The maximum atomic E-state index is 11.9. The van der Waals surface area contributed by atoms with Crippen LogP contribution in [-0.2, 0) is 4.79 Å². The number of aliphatic carboxylic acids is 1. The van der Waals surface area contributed by atoms with Crippen LogP contribution < -0.4 is 5.32 Å². The van der Waals surface area contributed by atoms with Crippen LogP contribution >= 0.6 is 22.6 Å². The second kappa shape index (κ2) is 6.00. The molecule has 1 aromatic rings. The number of rotatable bonds is 4. The normalized spacial score (nSPS) is 11.9. The molecule has 2 N–H and O–H groups in total. The van der Waals surface area contributed by atoms with Gasteiger partial charge < -0.3 is 10.4 Å². The number of hydrogen-bond acceptors (Lipinski definition) is 2. The fourth-order valence-corrected chi connectivity index (χ4v) is 1.93. The maximum absolute atomic E-state index is 11.9. The van der Waals surface area contributed by atoms with E-state index in [0.717, 1.165) is 9.13 Å². The van der Waals surface area contributed by atoms with E-state index in [4.69, 9.17) is 5.11 Å². The van der Waals surface area contributed by atoms with Crippen LogP contribution in [0.1, 0.15) is 29.3 Å². The maximum Gasteiger partial charge on any atom is 0.326 e. The summed E-state index contributed by atoms with van der Waals surface area (Å²) in [5, 5.41) is 11.4. The number of carbonyl (C=O) groups excluding carboxylic acids is 1. The number of amides is 1. The predicted molar refractivity (Wildman–Crippen MR) is 73.1 cm³/mol. The van der Waals surface area contributed by atoms with E-state index in [9.17, 15) is 9.59 Å². The zero-order valence-corrected chi connectivity index (χ0v) is 11.8. The van der Waals surface area contributed by atoms with Gasteiger partial charge in [0.05, 0.1) is 0 Å². The van der Waals surface area contributed by atoms with Gasteiger partial charge in [0.15, 0.2) is 0 Å². The summed E-state index contributed by atoms with van der Waals surface area (Å²) in [5.74, 6) is -1.35. The summed E-state index contributed by atoms with van der Waals surface area (Å²) in [6, 6.07) is 4.55. The van der Waals surface area contributed by atoms with Crippen LogP contribution in [0.25, 0.3) is 0 Å². The number of halogens is 1. The summed E-state index contributed by atoms with van der Waals surface area (Å²) < 4.78 is 0.985. The lowest BCUT2D eigenvalue weighted by molar-refractivity contribution is -0.139. The predicted octanol–water partition coefficient (Wildman–Crippen LogP) is 2.19. The topological polar surface area (TPSA) is 66.4 Å². The molecule has 0 saturated carbocycles. The molecule has 1 amide bonds. The molecular formula is C12H14INO3. The van der Waals surface area contributed by atoms with Gasteiger partial charge in [-0.05, 0) is 53.6 Å². The van der Waals surface area contributed by atoms with E-state index < -0.39 is 12.0 Å². The Balaban J connectivity index is 2.90. The average Bonchev–Trinajstić information content (AvgIpc) is 2.28.